The highest BCUT2D eigenvalue weighted by Crippen LogP contribution is 2.19. The third-order valence-corrected chi connectivity index (χ3v) is 2.63. The Balaban J connectivity index is 2.75. The fourth-order valence-electron chi connectivity index (χ4n) is 1.12. The smallest absolute Gasteiger partial charge is 0.288 e. The van der Waals surface area contributed by atoms with E-state index in [9.17, 15) is 19.3 Å². The lowest BCUT2D eigenvalue weighted by molar-refractivity contribution is -0.387. The molecule has 4 nitrogen and oxygen atoms in total. The van der Waals surface area contributed by atoms with Crippen molar-refractivity contribution in [3.8, 4) is 0 Å². The van der Waals surface area contributed by atoms with Gasteiger partial charge in [0, 0.05) is 18.7 Å². The lowest BCUT2D eigenvalue weighted by Crippen LogP contribution is -1.92. The maximum Gasteiger partial charge on any atom is 0.305 e. The van der Waals surface area contributed by atoms with E-state index in [0.717, 1.165) is 23.9 Å². The maximum absolute atomic E-state index is 13.0. The molecule has 0 atom stereocenters. The van der Waals surface area contributed by atoms with Gasteiger partial charge >= 0.3 is 5.69 Å². The Morgan fingerprint density at radius 3 is 2.88 bits per heavy atom. The largest absolute Gasteiger partial charge is 0.305 e. The van der Waals surface area contributed by atoms with E-state index in [0.29, 0.717) is 11.3 Å². The summed E-state index contributed by atoms with van der Waals surface area (Å²) in [4.78, 5) is 20.4. The Kier molecular flexibility index (Phi) is 4.84. The minimum absolute atomic E-state index is 0.000244. The molecule has 0 N–H and O–H groups in total. The average molecular weight is 255 g/mol. The van der Waals surface area contributed by atoms with Gasteiger partial charge in [-0.2, -0.15) is 4.39 Å². The topological polar surface area (TPSA) is 60.2 Å². The highest BCUT2D eigenvalue weighted by molar-refractivity contribution is 8.13. The molecule has 0 aliphatic heterocycles. The predicted molar refractivity (Wildman–Crippen MR) is 65.2 cm³/mol. The molecule has 0 saturated carbocycles. The van der Waals surface area contributed by atoms with E-state index in [1.807, 2.05) is 0 Å². The van der Waals surface area contributed by atoms with Crippen LogP contribution in [-0.2, 0) is 4.79 Å². The number of hydrogen-bond acceptors (Lipinski definition) is 4. The van der Waals surface area contributed by atoms with Crippen LogP contribution >= 0.6 is 11.8 Å². The van der Waals surface area contributed by atoms with Gasteiger partial charge in [-0.05, 0) is 11.6 Å². The lowest BCUT2D eigenvalue weighted by Gasteiger charge is -1.96. The third-order valence-electron chi connectivity index (χ3n) is 1.86. The van der Waals surface area contributed by atoms with Crippen LogP contribution in [0.4, 0.5) is 10.1 Å². The van der Waals surface area contributed by atoms with Crippen LogP contribution in [0.2, 0.25) is 0 Å². The molecule has 0 aliphatic carbocycles. The van der Waals surface area contributed by atoms with Gasteiger partial charge in [0.25, 0.3) is 0 Å². The van der Waals surface area contributed by atoms with E-state index in [4.69, 9.17) is 0 Å². The van der Waals surface area contributed by atoms with Crippen LogP contribution < -0.4 is 0 Å². The highest BCUT2D eigenvalue weighted by atomic mass is 32.2. The first kappa shape index (κ1) is 13.4. The summed E-state index contributed by atoms with van der Waals surface area (Å²) >= 11 is 1.13. The summed E-state index contributed by atoms with van der Waals surface area (Å²) < 4.78 is 13.0. The van der Waals surface area contributed by atoms with Crippen LogP contribution in [-0.4, -0.2) is 15.8 Å². The Hall–Kier alpha value is -1.69. The zero-order valence-electron chi connectivity index (χ0n) is 9.05. The first-order valence-electron chi connectivity index (χ1n) is 4.74. The molecule has 6 heteroatoms. The molecule has 90 valence electrons. The number of nitro benzene ring substituents is 1. The van der Waals surface area contributed by atoms with E-state index in [2.05, 4.69) is 0 Å². The Bertz CT molecular complexity index is 474. The summed E-state index contributed by atoms with van der Waals surface area (Å²) in [5, 5.41) is 10.5. The standard InChI is InChI=1S/C11H10FNO3S/c1-8(14)17-6-2-3-9-4-5-10(12)11(7-9)13(15)16/h2-5,7H,6H2,1H3. The Morgan fingerprint density at radius 2 is 2.29 bits per heavy atom. The summed E-state index contributed by atoms with van der Waals surface area (Å²) in [6.45, 7) is 1.46. The fourth-order valence-corrected chi connectivity index (χ4v) is 1.55. The number of carbonyl (C=O) groups excluding carboxylic acids is 1. The van der Waals surface area contributed by atoms with Crippen molar-refractivity contribution < 1.29 is 14.1 Å². The third kappa shape index (κ3) is 4.36. The van der Waals surface area contributed by atoms with Crippen LogP contribution in [0.3, 0.4) is 0 Å². The number of thioether (sulfide) groups is 1. The van der Waals surface area contributed by atoms with Gasteiger partial charge in [0.05, 0.1) is 4.92 Å². The first-order valence-corrected chi connectivity index (χ1v) is 5.73. The SMILES string of the molecule is CC(=O)SCC=Cc1ccc(F)c([N+](=O)[O-])c1. The molecule has 0 aliphatic rings. The van der Waals surface area contributed by atoms with Crippen molar-refractivity contribution in [2.45, 2.75) is 6.92 Å². The molecule has 0 heterocycles. The second-order valence-corrected chi connectivity index (χ2v) is 4.37. The molecule has 1 aromatic rings. The van der Waals surface area contributed by atoms with Crippen molar-refractivity contribution in [3.63, 3.8) is 0 Å². The molecule has 0 saturated heterocycles. The monoisotopic (exact) mass is 255 g/mol. The van der Waals surface area contributed by atoms with Crippen molar-refractivity contribution in [1.82, 2.24) is 0 Å². The molecule has 1 aromatic carbocycles. The molecular weight excluding hydrogens is 245 g/mol. The van der Waals surface area contributed by atoms with Gasteiger partial charge in [-0.25, -0.2) is 0 Å². The summed E-state index contributed by atoms with van der Waals surface area (Å²) in [5.74, 6) is -0.370. The molecule has 0 fully saturated rings. The summed E-state index contributed by atoms with van der Waals surface area (Å²) in [5.41, 5.74) is -0.0198. The minimum atomic E-state index is -0.856. The van der Waals surface area contributed by atoms with E-state index < -0.39 is 16.4 Å². The lowest BCUT2D eigenvalue weighted by atomic mass is 10.2. The molecule has 17 heavy (non-hydrogen) atoms. The quantitative estimate of drug-likeness (QED) is 0.613. The number of halogens is 1. The van der Waals surface area contributed by atoms with Crippen molar-refractivity contribution in [1.29, 1.82) is 0 Å². The highest BCUT2D eigenvalue weighted by Gasteiger charge is 2.12. The number of rotatable bonds is 4. The number of hydrogen-bond donors (Lipinski definition) is 0. The molecule has 0 spiro atoms. The molecule has 1 rings (SSSR count). The molecule has 0 aromatic heterocycles. The zero-order valence-corrected chi connectivity index (χ0v) is 9.87. The maximum atomic E-state index is 13.0. The first-order chi connectivity index (χ1) is 8.00. The molecule has 0 amide bonds. The van der Waals surface area contributed by atoms with Gasteiger partial charge in [-0.3, -0.25) is 14.9 Å². The zero-order chi connectivity index (χ0) is 12.8. The summed E-state index contributed by atoms with van der Waals surface area (Å²) in [6.07, 6.45) is 3.31. The van der Waals surface area contributed by atoms with Gasteiger partial charge < -0.3 is 0 Å². The van der Waals surface area contributed by atoms with Gasteiger partial charge in [-0.15, -0.1) is 0 Å². The second-order valence-electron chi connectivity index (χ2n) is 3.17. The van der Waals surface area contributed by atoms with E-state index in [-0.39, 0.29) is 5.12 Å². The van der Waals surface area contributed by atoms with Crippen LogP contribution in [0.25, 0.3) is 6.08 Å². The second kappa shape index (κ2) is 6.15. The minimum Gasteiger partial charge on any atom is -0.288 e. The van der Waals surface area contributed by atoms with Gasteiger partial charge in [0.15, 0.2) is 5.12 Å². The summed E-state index contributed by atoms with van der Waals surface area (Å²) in [6, 6.07) is 3.65. The molecular formula is C11H10FNO3S. The Labute approximate surface area is 102 Å². The normalized spacial score (nSPS) is 10.7. The number of benzene rings is 1. The van der Waals surface area contributed by atoms with Crippen molar-refractivity contribution in [2.24, 2.45) is 0 Å². The number of nitrogens with zero attached hydrogens (tertiary/aromatic N) is 1. The van der Waals surface area contributed by atoms with Gasteiger partial charge in [0.1, 0.15) is 0 Å². The number of nitro groups is 1. The van der Waals surface area contributed by atoms with Crippen LogP contribution in [0.1, 0.15) is 12.5 Å². The van der Waals surface area contributed by atoms with E-state index in [1.165, 1.54) is 13.0 Å². The van der Waals surface area contributed by atoms with E-state index >= 15 is 0 Å². The average Bonchev–Trinajstić information content (AvgIpc) is 2.25. The van der Waals surface area contributed by atoms with Crippen molar-refractivity contribution >= 4 is 28.6 Å². The van der Waals surface area contributed by atoms with Crippen molar-refractivity contribution in [2.75, 3.05) is 5.75 Å². The van der Waals surface area contributed by atoms with Gasteiger partial charge in [0.2, 0.25) is 5.82 Å². The van der Waals surface area contributed by atoms with Gasteiger partial charge in [-0.1, -0.05) is 30.0 Å². The predicted octanol–water partition coefficient (Wildman–Crippen LogP) is 3.03. The molecule has 0 unspecified atom stereocenters. The number of carbonyl (C=O) groups is 1. The molecule has 0 radical (unpaired) electrons. The fraction of sp³-hybridized carbons (Fsp3) is 0.182. The van der Waals surface area contributed by atoms with Crippen LogP contribution in [0, 0.1) is 15.9 Å². The Morgan fingerprint density at radius 1 is 1.59 bits per heavy atom. The van der Waals surface area contributed by atoms with Crippen LogP contribution in [0.15, 0.2) is 24.3 Å². The van der Waals surface area contributed by atoms with Crippen molar-refractivity contribution in [3.05, 3.63) is 45.8 Å². The summed E-state index contributed by atoms with van der Waals surface area (Å²) in [7, 11) is 0. The van der Waals surface area contributed by atoms with Crippen LogP contribution in [0.5, 0.6) is 0 Å². The molecule has 0 bridgehead atoms. The van der Waals surface area contributed by atoms with E-state index in [1.54, 1.807) is 12.2 Å².